The number of carbonyl (C=O) groups is 2. The van der Waals surface area contributed by atoms with Gasteiger partial charge in [-0.25, -0.2) is 4.79 Å². The molecule has 0 saturated carbocycles. The van der Waals surface area contributed by atoms with Crippen LogP contribution in [0.25, 0.3) is 0 Å². The van der Waals surface area contributed by atoms with Gasteiger partial charge in [-0.1, -0.05) is 6.92 Å². The van der Waals surface area contributed by atoms with Crippen molar-refractivity contribution >= 4 is 12.0 Å². The minimum atomic E-state index is -0.943. The Hall–Kier alpha value is -1.30. The van der Waals surface area contributed by atoms with Crippen LogP contribution in [0.4, 0.5) is 4.79 Å². The number of likely N-dealkylation sites (tertiary alicyclic amines) is 1. The Morgan fingerprint density at radius 1 is 1.30 bits per heavy atom. The van der Waals surface area contributed by atoms with E-state index in [1.165, 1.54) is 0 Å². The highest BCUT2D eigenvalue weighted by Crippen LogP contribution is 2.13. The van der Waals surface area contributed by atoms with Crippen LogP contribution >= 0.6 is 0 Å². The van der Waals surface area contributed by atoms with E-state index >= 15 is 0 Å². The van der Waals surface area contributed by atoms with E-state index in [2.05, 4.69) is 22.5 Å². The lowest BCUT2D eigenvalue weighted by Gasteiger charge is -2.32. The van der Waals surface area contributed by atoms with Crippen molar-refractivity contribution in [2.45, 2.75) is 46.1 Å². The summed E-state index contributed by atoms with van der Waals surface area (Å²) in [6.45, 7) is 8.63. The summed E-state index contributed by atoms with van der Waals surface area (Å²) in [6.07, 6.45) is 3.06. The monoisotopic (exact) mass is 285 g/mol. The average molecular weight is 285 g/mol. The molecule has 1 aliphatic heterocycles. The number of piperidine rings is 1. The molecule has 1 heterocycles. The second-order valence-corrected chi connectivity index (χ2v) is 6.13. The summed E-state index contributed by atoms with van der Waals surface area (Å²) in [5, 5.41) is 14.5. The van der Waals surface area contributed by atoms with Crippen molar-refractivity contribution in [2.24, 2.45) is 5.41 Å². The lowest BCUT2D eigenvalue weighted by molar-refractivity contribution is -0.146. The van der Waals surface area contributed by atoms with Gasteiger partial charge in [0.15, 0.2) is 0 Å². The molecule has 6 heteroatoms. The molecule has 3 N–H and O–H groups in total. The van der Waals surface area contributed by atoms with E-state index in [9.17, 15) is 9.59 Å². The molecule has 0 atom stereocenters. The highest BCUT2D eigenvalue weighted by Gasteiger charge is 2.28. The van der Waals surface area contributed by atoms with Crippen molar-refractivity contribution in [3.05, 3.63) is 0 Å². The molecular formula is C14H27N3O3. The quantitative estimate of drug-likeness (QED) is 0.686. The van der Waals surface area contributed by atoms with Crippen LogP contribution in [0.15, 0.2) is 0 Å². The van der Waals surface area contributed by atoms with Gasteiger partial charge in [-0.15, -0.1) is 0 Å². The van der Waals surface area contributed by atoms with Crippen LogP contribution in [0.5, 0.6) is 0 Å². The van der Waals surface area contributed by atoms with Crippen LogP contribution in [0, 0.1) is 5.41 Å². The largest absolute Gasteiger partial charge is 0.481 e. The number of amides is 2. The molecule has 0 radical (unpaired) electrons. The number of carboxylic acids is 1. The summed E-state index contributed by atoms with van der Waals surface area (Å²) < 4.78 is 0. The topological polar surface area (TPSA) is 81.7 Å². The minimum absolute atomic E-state index is 0.128. The highest BCUT2D eigenvalue weighted by atomic mass is 16.4. The lowest BCUT2D eigenvalue weighted by atomic mass is 9.94. The molecule has 1 aliphatic rings. The van der Waals surface area contributed by atoms with Gasteiger partial charge in [-0.05, 0) is 39.7 Å². The van der Waals surface area contributed by atoms with E-state index in [1.54, 1.807) is 13.8 Å². The van der Waals surface area contributed by atoms with Gasteiger partial charge in [0.25, 0.3) is 0 Å². The molecule has 20 heavy (non-hydrogen) atoms. The summed E-state index contributed by atoms with van der Waals surface area (Å²) in [6, 6.07) is -0.0793. The number of carboxylic acid groups (broad SMARTS) is 1. The summed E-state index contributed by atoms with van der Waals surface area (Å²) in [5.74, 6) is -0.911. The molecule has 0 spiro atoms. The molecule has 2 amide bonds. The lowest BCUT2D eigenvalue weighted by Crippen LogP contribution is -2.50. The minimum Gasteiger partial charge on any atom is -0.481 e. The number of aliphatic carboxylic acids is 1. The third-order valence-corrected chi connectivity index (χ3v) is 3.73. The van der Waals surface area contributed by atoms with Crippen LogP contribution in [0.3, 0.4) is 0 Å². The molecule has 0 bridgehead atoms. The normalized spacial score (nSPS) is 17.8. The average Bonchev–Trinajstić information content (AvgIpc) is 2.39. The van der Waals surface area contributed by atoms with Gasteiger partial charge in [0.05, 0.1) is 5.41 Å². The van der Waals surface area contributed by atoms with Crippen LogP contribution in [-0.2, 0) is 4.79 Å². The maximum absolute atomic E-state index is 11.8. The number of hydrogen-bond acceptors (Lipinski definition) is 3. The molecule has 1 rings (SSSR count). The second-order valence-electron chi connectivity index (χ2n) is 6.13. The fourth-order valence-corrected chi connectivity index (χ4v) is 2.23. The summed E-state index contributed by atoms with van der Waals surface area (Å²) >= 11 is 0. The summed E-state index contributed by atoms with van der Waals surface area (Å²) in [4.78, 5) is 25.1. The van der Waals surface area contributed by atoms with Crippen molar-refractivity contribution in [1.82, 2.24) is 15.5 Å². The third-order valence-electron chi connectivity index (χ3n) is 3.73. The number of carbonyl (C=O) groups excluding carboxylic acids is 1. The predicted octanol–water partition coefficient (Wildman–Crippen LogP) is 1.27. The van der Waals surface area contributed by atoms with Gasteiger partial charge in [-0.3, -0.25) is 4.79 Å². The standard InChI is InChI=1S/C14H27N3O3/c1-4-7-17-8-5-11(6-9-17)16-13(20)15-10-14(2,3)12(18)19/h11H,4-10H2,1-3H3,(H,18,19)(H2,15,16,20). The maximum atomic E-state index is 11.8. The van der Waals surface area contributed by atoms with E-state index < -0.39 is 11.4 Å². The first kappa shape index (κ1) is 16.8. The first-order valence-corrected chi connectivity index (χ1v) is 7.35. The molecule has 6 nitrogen and oxygen atoms in total. The Morgan fingerprint density at radius 3 is 2.40 bits per heavy atom. The molecular weight excluding hydrogens is 258 g/mol. The summed E-state index contributed by atoms with van der Waals surface area (Å²) in [7, 11) is 0. The number of urea groups is 1. The third kappa shape index (κ3) is 5.36. The Morgan fingerprint density at radius 2 is 1.90 bits per heavy atom. The van der Waals surface area contributed by atoms with Crippen LogP contribution in [0.2, 0.25) is 0 Å². The van der Waals surface area contributed by atoms with E-state index in [1.807, 2.05) is 0 Å². The molecule has 0 aromatic carbocycles. The number of nitrogens with zero attached hydrogens (tertiary/aromatic N) is 1. The first-order valence-electron chi connectivity index (χ1n) is 7.35. The Bertz CT molecular complexity index is 337. The fraction of sp³-hybridized carbons (Fsp3) is 0.857. The van der Waals surface area contributed by atoms with Gasteiger partial charge in [0.2, 0.25) is 0 Å². The van der Waals surface area contributed by atoms with E-state index in [0.29, 0.717) is 0 Å². The van der Waals surface area contributed by atoms with Gasteiger partial charge in [0.1, 0.15) is 0 Å². The van der Waals surface area contributed by atoms with Gasteiger partial charge in [0, 0.05) is 25.7 Å². The van der Waals surface area contributed by atoms with E-state index in [-0.39, 0.29) is 18.6 Å². The molecule has 1 saturated heterocycles. The SMILES string of the molecule is CCCN1CCC(NC(=O)NCC(C)(C)C(=O)O)CC1. The van der Waals surface area contributed by atoms with Crippen LogP contribution in [-0.4, -0.2) is 54.2 Å². The van der Waals surface area contributed by atoms with Crippen LogP contribution in [0.1, 0.15) is 40.0 Å². The molecule has 0 aromatic rings. The highest BCUT2D eigenvalue weighted by molar-refractivity contribution is 5.77. The molecule has 0 unspecified atom stereocenters. The number of rotatable bonds is 6. The fourth-order valence-electron chi connectivity index (χ4n) is 2.23. The number of nitrogens with one attached hydrogen (secondary N) is 2. The zero-order valence-corrected chi connectivity index (χ0v) is 12.7. The number of hydrogen-bond donors (Lipinski definition) is 3. The van der Waals surface area contributed by atoms with E-state index in [0.717, 1.165) is 38.9 Å². The van der Waals surface area contributed by atoms with Crippen molar-refractivity contribution in [3.63, 3.8) is 0 Å². The Balaban J connectivity index is 2.25. The van der Waals surface area contributed by atoms with Gasteiger partial charge >= 0.3 is 12.0 Å². The van der Waals surface area contributed by atoms with Crippen LogP contribution < -0.4 is 10.6 Å². The van der Waals surface area contributed by atoms with Crippen molar-refractivity contribution in [3.8, 4) is 0 Å². The molecule has 1 fully saturated rings. The molecule has 116 valence electrons. The van der Waals surface area contributed by atoms with Gasteiger partial charge in [-0.2, -0.15) is 0 Å². The Kier molecular flexibility index (Phi) is 6.26. The van der Waals surface area contributed by atoms with Crippen molar-refractivity contribution in [1.29, 1.82) is 0 Å². The predicted molar refractivity (Wildman–Crippen MR) is 77.7 cm³/mol. The zero-order chi connectivity index (χ0) is 15.2. The summed E-state index contributed by atoms with van der Waals surface area (Å²) in [5.41, 5.74) is -0.943. The second kappa shape index (κ2) is 7.47. The molecule has 0 aliphatic carbocycles. The van der Waals surface area contributed by atoms with Crippen molar-refractivity contribution in [2.75, 3.05) is 26.2 Å². The Labute approximate surface area is 120 Å². The van der Waals surface area contributed by atoms with E-state index in [4.69, 9.17) is 5.11 Å². The first-order chi connectivity index (χ1) is 9.35. The maximum Gasteiger partial charge on any atom is 0.315 e. The van der Waals surface area contributed by atoms with Gasteiger partial charge < -0.3 is 20.6 Å². The van der Waals surface area contributed by atoms with Crippen molar-refractivity contribution < 1.29 is 14.7 Å². The smallest absolute Gasteiger partial charge is 0.315 e. The molecule has 0 aromatic heterocycles. The zero-order valence-electron chi connectivity index (χ0n) is 12.7.